The Balaban J connectivity index is 1.66. The first-order valence-electron chi connectivity index (χ1n) is 9.65. The maximum absolute atomic E-state index is 5.61. The second kappa shape index (κ2) is 8.06. The summed E-state index contributed by atoms with van der Waals surface area (Å²) in [6, 6.07) is 3.97. The van der Waals surface area contributed by atoms with Crippen LogP contribution in [0.3, 0.4) is 0 Å². The highest BCUT2D eigenvalue weighted by Crippen LogP contribution is 2.45. The molecule has 8 nitrogen and oxygen atoms in total. The molecule has 1 aromatic carbocycles. The molecule has 0 aliphatic carbocycles. The zero-order valence-electron chi connectivity index (χ0n) is 17.2. The number of hydrogen-bond donors (Lipinski definition) is 0. The lowest BCUT2D eigenvalue weighted by Gasteiger charge is -2.33. The van der Waals surface area contributed by atoms with E-state index in [0.29, 0.717) is 23.2 Å². The molecule has 0 N–H and O–H groups in total. The summed E-state index contributed by atoms with van der Waals surface area (Å²) in [5.41, 5.74) is 1.12. The molecule has 0 radical (unpaired) electrons. The summed E-state index contributed by atoms with van der Waals surface area (Å²) in [6.45, 7) is 3.68. The number of rotatable bonds is 5. The van der Waals surface area contributed by atoms with Gasteiger partial charge in [-0.2, -0.15) is 5.10 Å². The van der Waals surface area contributed by atoms with Crippen molar-refractivity contribution < 1.29 is 14.2 Å². The van der Waals surface area contributed by atoms with Crippen molar-refractivity contribution in [2.24, 2.45) is 0 Å². The fraction of sp³-hybridized carbons (Fsp3) is 0.429. The van der Waals surface area contributed by atoms with Crippen LogP contribution in [-0.2, 0) is 0 Å². The molecule has 0 saturated carbocycles. The van der Waals surface area contributed by atoms with Gasteiger partial charge < -0.3 is 19.1 Å². The Hall–Kier alpha value is -3.16. The van der Waals surface area contributed by atoms with Crippen LogP contribution in [0.15, 0.2) is 24.5 Å². The third-order valence-electron chi connectivity index (χ3n) is 5.46. The minimum Gasteiger partial charge on any atom is -0.493 e. The summed E-state index contributed by atoms with van der Waals surface area (Å²) in [7, 11) is 4.83. The molecule has 1 saturated heterocycles. The molecule has 0 amide bonds. The molecular formula is C21H25N5O3. The van der Waals surface area contributed by atoms with E-state index >= 15 is 0 Å². The standard InChI is InChI=1S/C21H25N5O3/c1-13-22-8-5-17(24-13)14-6-9-26(10-7-14)21-15-11-18(27-2)20(29-4)19(28-3)16(15)12-23-25-21/h5,8,11-12,14H,6-7,9-10H2,1-4H3. The molecule has 1 aliphatic rings. The van der Waals surface area contributed by atoms with E-state index in [-0.39, 0.29) is 0 Å². The molecule has 0 unspecified atom stereocenters. The number of piperidine rings is 1. The minimum atomic E-state index is 0.431. The Bertz CT molecular complexity index is 1020. The quantitative estimate of drug-likeness (QED) is 0.652. The molecule has 2 aromatic heterocycles. The van der Waals surface area contributed by atoms with Crippen LogP contribution in [0.4, 0.5) is 5.82 Å². The van der Waals surface area contributed by atoms with Crippen LogP contribution < -0.4 is 19.1 Å². The predicted octanol–water partition coefficient (Wildman–Crippen LogP) is 3.14. The van der Waals surface area contributed by atoms with Crippen molar-refractivity contribution in [2.45, 2.75) is 25.7 Å². The summed E-state index contributed by atoms with van der Waals surface area (Å²) in [4.78, 5) is 11.1. The topological polar surface area (TPSA) is 82.5 Å². The second-order valence-electron chi connectivity index (χ2n) is 7.06. The van der Waals surface area contributed by atoms with E-state index in [1.165, 1.54) is 0 Å². The zero-order valence-corrected chi connectivity index (χ0v) is 17.2. The second-order valence-corrected chi connectivity index (χ2v) is 7.06. The Morgan fingerprint density at radius 3 is 2.41 bits per heavy atom. The molecule has 0 spiro atoms. The average Bonchev–Trinajstić information content (AvgIpc) is 2.77. The third-order valence-corrected chi connectivity index (χ3v) is 5.46. The maximum atomic E-state index is 5.61. The van der Waals surface area contributed by atoms with Gasteiger partial charge in [0.05, 0.1) is 32.9 Å². The number of hydrogen-bond acceptors (Lipinski definition) is 8. The Kier molecular flexibility index (Phi) is 5.33. The summed E-state index contributed by atoms with van der Waals surface area (Å²) in [5.74, 6) is 3.85. The van der Waals surface area contributed by atoms with E-state index in [9.17, 15) is 0 Å². The molecule has 0 bridgehead atoms. The molecule has 1 fully saturated rings. The number of anilines is 1. The van der Waals surface area contributed by atoms with Gasteiger partial charge in [-0.1, -0.05) is 0 Å². The number of fused-ring (bicyclic) bond motifs is 1. The van der Waals surface area contributed by atoms with E-state index in [2.05, 4.69) is 25.1 Å². The molecule has 0 atom stereocenters. The van der Waals surface area contributed by atoms with Crippen LogP contribution in [0.25, 0.3) is 10.8 Å². The lowest BCUT2D eigenvalue weighted by Crippen LogP contribution is -2.34. The highest BCUT2D eigenvalue weighted by Gasteiger charge is 2.26. The molecule has 29 heavy (non-hydrogen) atoms. The monoisotopic (exact) mass is 395 g/mol. The van der Waals surface area contributed by atoms with Gasteiger partial charge in [-0.3, -0.25) is 0 Å². The van der Waals surface area contributed by atoms with Gasteiger partial charge in [-0.25, -0.2) is 9.97 Å². The van der Waals surface area contributed by atoms with Crippen LogP contribution in [-0.4, -0.2) is 54.6 Å². The van der Waals surface area contributed by atoms with Crippen molar-refractivity contribution in [3.63, 3.8) is 0 Å². The van der Waals surface area contributed by atoms with Crippen LogP contribution in [0.5, 0.6) is 17.2 Å². The lowest BCUT2D eigenvalue weighted by molar-refractivity contribution is 0.327. The van der Waals surface area contributed by atoms with Gasteiger partial charge in [-0.05, 0) is 31.9 Å². The molecule has 152 valence electrons. The molecule has 3 heterocycles. The number of aryl methyl sites for hydroxylation is 1. The Labute approximate surface area is 169 Å². The fourth-order valence-corrected chi connectivity index (χ4v) is 4.01. The number of nitrogens with zero attached hydrogens (tertiary/aromatic N) is 5. The Morgan fingerprint density at radius 1 is 1.00 bits per heavy atom. The number of benzene rings is 1. The summed E-state index contributed by atoms with van der Waals surface area (Å²) in [6.07, 6.45) is 5.54. The number of ether oxygens (including phenoxy) is 3. The summed E-state index contributed by atoms with van der Waals surface area (Å²) < 4.78 is 16.6. The van der Waals surface area contributed by atoms with E-state index in [4.69, 9.17) is 14.2 Å². The van der Waals surface area contributed by atoms with Crippen molar-refractivity contribution in [2.75, 3.05) is 39.3 Å². The van der Waals surface area contributed by atoms with E-state index < -0.39 is 0 Å². The number of aromatic nitrogens is 4. The zero-order chi connectivity index (χ0) is 20.4. The predicted molar refractivity (Wildman–Crippen MR) is 110 cm³/mol. The van der Waals surface area contributed by atoms with Gasteiger partial charge in [0, 0.05) is 36.3 Å². The first-order valence-corrected chi connectivity index (χ1v) is 9.65. The largest absolute Gasteiger partial charge is 0.493 e. The van der Waals surface area contributed by atoms with Gasteiger partial charge in [0.25, 0.3) is 0 Å². The van der Waals surface area contributed by atoms with Crippen LogP contribution >= 0.6 is 0 Å². The Morgan fingerprint density at radius 2 is 1.76 bits per heavy atom. The third kappa shape index (κ3) is 3.50. The van der Waals surface area contributed by atoms with Crippen LogP contribution in [0.1, 0.15) is 30.3 Å². The van der Waals surface area contributed by atoms with Gasteiger partial charge in [0.2, 0.25) is 5.75 Å². The van der Waals surface area contributed by atoms with Gasteiger partial charge >= 0.3 is 0 Å². The van der Waals surface area contributed by atoms with Crippen LogP contribution in [0, 0.1) is 6.92 Å². The highest BCUT2D eigenvalue weighted by molar-refractivity contribution is 5.99. The normalized spacial score (nSPS) is 14.8. The van der Waals surface area contributed by atoms with E-state index in [1.807, 2.05) is 25.3 Å². The van der Waals surface area contributed by atoms with Crippen molar-refractivity contribution in [1.82, 2.24) is 20.2 Å². The van der Waals surface area contributed by atoms with Crippen molar-refractivity contribution in [3.8, 4) is 17.2 Å². The molecular weight excluding hydrogens is 370 g/mol. The molecule has 4 rings (SSSR count). The first-order chi connectivity index (χ1) is 14.2. The smallest absolute Gasteiger partial charge is 0.204 e. The van der Waals surface area contributed by atoms with Gasteiger partial charge in [0.1, 0.15) is 5.82 Å². The molecule has 1 aliphatic heterocycles. The minimum absolute atomic E-state index is 0.431. The van der Waals surface area contributed by atoms with Crippen LogP contribution in [0.2, 0.25) is 0 Å². The summed E-state index contributed by atoms with van der Waals surface area (Å²) in [5, 5.41) is 10.5. The van der Waals surface area contributed by atoms with Crippen molar-refractivity contribution in [1.29, 1.82) is 0 Å². The lowest BCUT2D eigenvalue weighted by atomic mass is 9.93. The number of methoxy groups -OCH3 is 3. The van der Waals surface area contributed by atoms with Gasteiger partial charge in [0.15, 0.2) is 17.3 Å². The SMILES string of the molecule is COc1cc2c(N3CCC(c4ccnc(C)n4)CC3)nncc2c(OC)c1OC. The first kappa shape index (κ1) is 19.2. The average molecular weight is 395 g/mol. The van der Waals surface area contributed by atoms with Crippen molar-refractivity contribution in [3.05, 3.63) is 36.0 Å². The maximum Gasteiger partial charge on any atom is 0.204 e. The van der Waals surface area contributed by atoms with Gasteiger partial charge in [-0.15, -0.1) is 5.10 Å². The molecule has 8 heteroatoms. The highest BCUT2D eigenvalue weighted by atomic mass is 16.5. The van der Waals surface area contributed by atoms with E-state index in [1.54, 1.807) is 27.5 Å². The fourth-order valence-electron chi connectivity index (χ4n) is 4.01. The molecule has 3 aromatic rings. The summed E-state index contributed by atoms with van der Waals surface area (Å²) >= 11 is 0. The van der Waals surface area contributed by atoms with Crippen molar-refractivity contribution >= 4 is 16.6 Å². The van der Waals surface area contributed by atoms with E-state index in [0.717, 1.165) is 54.0 Å².